The van der Waals surface area contributed by atoms with Crippen LogP contribution >= 0.6 is 15.9 Å². The summed E-state index contributed by atoms with van der Waals surface area (Å²) in [4.78, 5) is 0. The van der Waals surface area contributed by atoms with Crippen molar-refractivity contribution in [2.24, 2.45) is 5.73 Å². The van der Waals surface area contributed by atoms with E-state index in [-0.39, 0.29) is 12.4 Å². The Morgan fingerprint density at radius 1 is 1.15 bits per heavy atom. The van der Waals surface area contributed by atoms with E-state index >= 15 is 0 Å². The van der Waals surface area contributed by atoms with Gasteiger partial charge in [0.05, 0.1) is 11.6 Å². The first-order chi connectivity index (χ1) is 9.63. The molecule has 0 heterocycles. The molecule has 2 N–H and O–H groups in total. The highest BCUT2D eigenvalue weighted by Gasteiger charge is 2.06. The Bertz CT molecular complexity index is 604. The van der Waals surface area contributed by atoms with E-state index in [0.717, 1.165) is 15.8 Å². The fourth-order valence-electron chi connectivity index (χ4n) is 1.81. The van der Waals surface area contributed by atoms with Gasteiger partial charge in [0.15, 0.2) is 0 Å². The molecule has 20 heavy (non-hydrogen) atoms. The van der Waals surface area contributed by atoms with Crippen molar-refractivity contribution in [3.8, 4) is 11.5 Å². The van der Waals surface area contributed by atoms with Gasteiger partial charge >= 0.3 is 0 Å². The van der Waals surface area contributed by atoms with Gasteiger partial charge < -0.3 is 15.2 Å². The Balaban J connectivity index is 2.10. The first-order valence-electron chi connectivity index (χ1n) is 6.07. The molecule has 0 saturated heterocycles. The van der Waals surface area contributed by atoms with Gasteiger partial charge in [-0.25, -0.2) is 4.39 Å². The SMILES string of the molecule is COc1ccc(COc2ccc(F)cc2CN)cc1Br. The largest absolute Gasteiger partial charge is 0.496 e. The van der Waals surface area contributed by atoms with E-state index < -0.39 is 0 Å². The van der Waals surface area contributed by atoms with Gasteiger partial charge in [-0.15, -0.1) is 0 Å². The maximum Gasteiger partial charge on any atom is 0.133 e. The molecule has 0 aromatic heterocycles. The quantitative estimate of drug-likeness (QED) is 0.904. The molecule has 0 atom stereocenters. The van der Waals surface area contributed by atoms with Crippen molar-refractivity contribution in [2.75, 3.05) is 7.11 Å². The fraction of sp³-hybridized carbons (Fsp3) is 0.200. The highest BCUT2D eigenvalue weighted by Crippen LogP contribution is 2.26. The zero-order valence-electron chi connectivity index (χ0n) is 11.0. The summed E-state index contributed by atoms with van der Waals surface area (Å²) in [6.45, 7) is 0.612. The van der Waals surface area contributed by atoms with Gasteiger partial charge in [-0.1, -0.05) is 6.07 Å². The molecule has 2 rings (SSSR count). The van der Waals surface area contributed by atoms with Crippen molar-refractivity contribution in [2.45, 2.75) is 13.2 Å². The molecule has 0 aliphatic heterocycles. The van der Waals surface area contributed by atoms with Gasteiger partial charge in [0.1, 0.15) is 23.9 Å². The first-order valence-corrected chi connectivity index (χ1v) is 6.87. The summed E-state index contributed by atoms with van der Waals surface area (Å²) in [5.41, 5.74) is 7.21. The number of hydrogen-bond acceptors (Lipinski definition) is 3. The molecule has 0 aliphatic carbocycles. The second-order valence-corrected chi connectivity index (χ2v) is 5.07. The second kappa shape index (κ2) is 6.72. The van der Waals surface area contributed by atoms with Crippen LogP contribution in [0.2, 0.25) is 0 Å². The van der Waals surface area contributed by atoms with Crippen LogP contribution in [-0.2, 0) is 13.2 Å². The number of methoxy groups -OCH3 is 1. The van der Waals surface area contributed by atoms with Gasteiger partial charge in [-0.3, -0.25) is 0 Å². The number of hydrogen-bond donors (Lipinski definition) is 1. The van der Waals surface area contributed by atoms with Crippen molar-refractivity contribution in [3.63, 3.8) is 0 Å². The van der Waals surface area contributed by atoms with Gasteiger partial charge in [0.25, 0.3) is 0 Å². The number of benzene rings is 2. The van der Waals surface area contributed by atoms with Crippen molar-refractivity contribution in [3.05, 3.63) is 57.8 Å². The van der Waals surface area contributed by atoms with Gasteiger partial charge in [0.2, 0.25) is 0 Å². The first kappa shape index (κ1) is 14.8. The highest BCUT2D eigenvalue weighted by molar-refractivity contribution is 9.10. The Morgan fingerprint density at radius 2 is 1.90 bits per heavy atom. The Hall–Kier alpha value is -1.59. The summed E-state index contributed by atoms with van der Waals surface area (Å²) in [5.74, 6) is 1.05. The van der Waals surface area contributed by atoms with Crippen LogP contribution in [-0.4, -0.2) is 7.11 Å². The van der Waals surface area contributed by atoms with Crippen LogP contribution in [0.15, 0.2) is 40.9 Å². The number of halogens is 2. The Kier molecular flexibility index (Phi) is 4.98. The zero-order valence-corrected chi connectivity index (χ0v) is 12.6. The van der Waals surface area contributed by atoms with Crippen LogP contribution in [0.5, 0.6) is 11.5 Å². The third-order valence-corrected chi connectivity index (χ3v) is 3.47. The lowest BCUT2D eigenvalue weighted by atomic mass is 10.2. The molecule has 0 aliphatic rings. The van der Waals surface area contributed by atoms with Gasteiger partial charge in [-0.05, 0) is 51.8 Å². The predicted molar refractivity (Wildman–Crippen MR) is 79.3 cm³/mol. The monoisotopic (exact) mass is 339 g/mol. The standard InChI is InChI=1S/C15H15BrFNO2/c1-19-15-4-2-10(6-13(15)16)9-20-14-5-3-12(17)7-11(14)8-18/h2-7H,8-9,18H2,1H3. The molecule has 0 amide bonds. The molecule has 0 saturated carbocycles. The van der Waals surface area contributed by atoms with Crippen molar-refractivity contribution >= 4 is 15.9 Å². The molecule has 0 unspecified atom stereocenters. The summed E-state index contributed by atoms with van der Waals surface area (Å²) in [7, 11) is 1.61. The maximum atomic E-state index is 13.1. The lowest BCUT2D eigenvalue weighted by molar-refractivity contribution is 0.302. The predicted octanol–water partition coefficient (Wildman–Crippen LogP) is 3.63. The average molecular weight is 340 g/mol. The Labute approximate surface area is 125 Å². The van der Waals surface area contributed by atoms with E-state index in [2.05, 4.69) is 15.9 Å². The summed E-state index contributed by atoms with van der Waals surface area (Å²) in [6.07, 6.45) is 0. The molecule has 0 bridgehead atoms. The van der Waals surface area contributed by atoms with Crippen molar-refractivity contribution in [1.82, 2.24) is 0 Å². The molecule has 0 fully saturated rings. The minimum absolute atomic E-state index is 0.236. The highest BCUT2D eigenvalue weighted by atomic mass is 79.9. The Morgan fingerprint density at radius 3 is 2.55 bits per heavy atom. The smallest absolute Gasteiger partial charge is 0.133 e. The summed E-state index contributed by atoms with van der Waals surface area (Å²) in [5, 5.41) is 0. The van der Waals surface area contributed by atoms with Crippen LogP contribution in [0.4, 0.5) is 4.39 Å². The van der Waals surface area contributed by atoms with Crippen molar-refractivity contribution < 1.29 is 13.9 Å². The van der Waals surface area contributed by atoms with E-state index in [1.54, 1.807) is 13.2 Å². The molecule has 3 nitrogen and oxygen atoms in total. The van der Waals surface area contributed by atoms with E-state index in [1.807, 2.05) is 18.2 Å². The number of ether oxygens (including phenoxy) is 2. The lowest BCUT2D eigenvalue weighted by Crippen LogP contribution is -2.03. The number of nitrogens with two attached hydrogens (primary N) is 1. The molecular formula is C15H15BrFNO2. The van der Waals surface area contributed by atoms with E-state index in [1.165, 1.54) is 12.1 Å². The molecular weight excluding hydrogens is 325 g/mol. The minimum atomic E-state index is -0.315. The number of rotatable bonds is 5. The minimum Gasteiger partial charge on any atom is -0.496 e. The lowest BCUT2D eigenvalue weighted by Gasteiger charge is -2.11. The van der Waals surface area contributed by atoms with E-state index in [0.29, 0.717) is 17.9 Å². The third kappa shape index (κ3) is 3.49. The van der Waals surface area contributed by atoms with Gasteiger partial charge in [0, 0.05) is 12.1 Å². The van der Waals surface area contributed by atoms with E-state index in [9.17, 15) is 4.39 Å². The van der Waals surface area contributed by atoms with Crippen LogP contribution < -0.4 is 15.2 Å². The normalized spacial score (nSPS) is 10.4. The van der Waals surface area contributed by atoms with E-state index in [4.69, 9.17) is 15.2 Å². The summed E-state index contributed by atoms with van der Waals surface area (Å²) < 4.78 is 24.8. The van der Waals surface area contributed by atoms with Crippen molar-refractivity contribution in [1.29, 1.82) is 0 Å². The molecule has 5 heteroatoms. The molecule has 106 valence electrons. The average Bonchev–Trinajstić information content (AvgIpc) is 2.46. The maximum absolute atomic E-state index is 13.1. The van der Waals surface area contributed by atoms with Crippen LogP contribution in [0.25, 0.3) is 0 Å². The molecule has 2 aromatic rings. The van der Waals surface area contributed by atoms with Crippen LogP contribution in [0.1, 0.15) is 11.1 Å². The molecule has 2 aromatic carbocycles. The zero-order chi connectivity index (χ0) is 14.5. The molecule has 0 spiro atoms. The van der Waals surface area contributed by atoms with Crippen LogP contribution in [0.3, 0.4) is 0 Å². The third-order valence-electron chi connectivity index (χ3n) is 2.85. The topological polar surface area (TPSA) is 44.5 Å². The van der Waals surface area contributed by atoms with Crippen LogP contribution in [0, 0.1) is 5.82 Å². The fourth-order valence-corrected chi connectivity index (χ4v) is 2.40. The second-order valence-electron chi connectivity index (χ2n) is 4.21. The summed E-state index contributed by atoms with van der Waals surface area (Å²) in [6, 6.07) is 10.0. The summed E-state index contributed by atoms with van der Waals surface area (Å²) >= 11 is 3.42. The molecule has 0 radical (unpaired) electrons. The van der Waals surface area contributed by atoms with Gasteiger partial charge in [-0.2, -0.15) is 0 Å².